The van der Waals surface area contributed by atoms with Crippen LogP contribution in [0.1, 0.15) is 20.8 Å². The first-order chi connectivity index (χ1) is 12.0. The maximum Gasteiger partial charge on any atom is 0.237 e. The fourth-order valence-electron chi connectivity index (χ4n) is 2.82. The molecule has 0 spiro atoms. The van der Waals surface area contributed by atoms with E-state index in [-0.39, 0.29) is 11.9 Å². The molecule has 0 bridgehead atoms. The van der Waals surface area contributed by atoms with Gasteiger partial charge < -0.3 is 10.1 Å². The van der Waals surface area contributed by atoms with Gasteiger partial charge in [-0.05, 0) is 37.1 Å². The van der Waals surface area contributed by atoms with Gasteiger partial charge in [-0.2, -0.15) is 0 Å². The number of ether oxygens (including phenoxy) is 1. The smallest absolute Gasteiger partial charge is 0.237 e. The van der Waals surface area contributed by atoms with Crippen LogP contribution in [0.5, 0.6) is 5.75 Å². The second kappa shape index (κ2) is 10.00. The van der Waals surface area contributed by atoms with Crippen molar-refractivity contribution in [2.45, 2.75) is 26.8 Å². The number of rotatable bonds is 8. The molecule has 0 saturated carbocycles. The summed E-state index contributed by atoms with van der Waals surface area (Å²) in [6.07, 6.45) is 0. The van der Waals surface area contributed by atoms with Crippen LogP contribution < -0.4 is 10.1 Å². The van der Waals surface area contributed by atoms with Crippen molar-refractivity contribution >= 4 is 17.5 Å². The van der Waals surface area contributed by atoms with Gasteiger partial charge in [0.05, 0.1) is 6.04 Å². The Morgan fingerprint density at radius 2 is 1.80 bits per heavy atom. The van der Waals surface area contributed by atoms with Gasteiger partial charge in [-0.15, -0.1) is 0 Å². The van der Waals surface area contributed by atoms with E-state index in [1.165, 1.54) is 0 Å². The van der Waals surface area contributed by atoms with Crippen LogP contribution in [0.25, 0.3) is 0 Å². The Bertz CT molecular complexity index is 528. The van der Waals surface area contributed by atoms with Crippen molar-refractivity contribution < 1.29 is 9.53 Å². The molecule has 1 heterocycles. The lowest BCUT2D eigenvalue weighted by Crippen LogP contribution is -2.54. The molecule has 1 aromatic rings. The van der Waals surface area contributed by atoms with Crippen molar-refractivity contribution in [1.29, 1.82) is 0 Å². The minimum atomic E-state index is -0.0637. The van der Waals surface area contributed by atoms with Crippen molar-refractivity contribution in [2.24, 2.45) is 5.92 Å². The summed E-state index contributed by atoms with van der Waals surface area (Å²) in [5.74, 6) is 1.46. The molecule has 1 aliphatic heterocycles. The van der Waals surface area contributed by atoms with E-state index in [4.69, 9.17) is 16.3 Å². The van der Waals surface area contributed by atoms with E-state index in [1.54, 1.807) is 0 Å². The predicted molar refractivity (Wildman–Crippen MR) is 102 cm³/mol. The number of nitrogens with one attached hydrogen (secondary N) is 1. The number of piperazine rings is 1. The Kier molecular flexibility index (Phi) is 8.00. The average Bonchev–Trinajstić information content (AvgIpc) is 2.61. The first-order valence-corrected chi connectivity index (χ1v) is 9.46. The second-order valence-corrected chi connectivity index (χ2v) is 7.43. The van der Waals surface area contributed by atoms with Crippen molar-refractivity contribution in [2.75, 3.05) is 45.9 Å². The molecule has 0 radical (unpaired) electrons. The molecule has 1 saturated heterocycles. The zero-order valence-electron chi connectivity index (χ0n) is 15.5. The zero-order valence-corrected chi connectivity index (χ0v) is 16.3. The third kappa shape index (κ3) is 6.84. The molecule has 1 aromatic carbocycles. The lowest BCUT2D eigenvalue weighted by molar-refractivity contribution is -0.126. The third-order valence-electron chi connectivity index (χ3n) is 4.51. The van der Waals surface area contributed by atoms with E-state index in [2.05, 4.69) is 29.0 Å². The van der Waals surface area contributed by atoms with E-state index in [1.807, 2.05) is 31.2 Å². The Balaban J connectivity index is 1.65. The quantitative estimate of drug-likeness (QED) is 0.766. The molecule has 5 nitrogen and oxygen atoms in total. The molecule has 0 aromatic heterocycles. The van der Waals surface area contributed by atoms with Crippen molar-refractivity contribution in [3.63, 3.8) is 0 Å². The minimum Gasteiger partial charge on any atom is -0.492 e. The van der Waals surface area contributed by atoms with Gasteiger partial charge in [-0.1, -0.05) is 25.4 Å². The van der Waals surface area contributed by atoms with Gasteiger partial charge in [0.1, 0.15) is 12.4 Å². The number of amides is 1. The van der Waals surface area contributed by atoms with Crippen LogP contribution in [-0.2, 0) is 4.79 Å². The highest BCUT2D eigenvalue weighted by atomic mass is 35.5. The van der Waals surface area contributed by atoms with Crippen molar-refractivity contribution in [1.82, 2.24) is 15.1 Å². The number of carbonyl (C=O) groups excluding carboxylic acids is 1. The molecular formula is C19H30ClN3O2. The van der Waals surface area contributed by atoms with Gasteiger partial charge in [0, 0.05) is 44.3 Å². The predicted octanol–water partition coefficient (Wildman–Crippen LogP) is 2.50. The summed E-state index contributed by atoms with van der Waals surface area (Å²) in [4.78, 5) is 16.8. The third-order valence-corrected chi connectivity index (χ3v) is 4.76. The maximum absolute atomic E-state index is 12.2. The lowest BCUT2D eigenvalue weighted by atomic mass is 10.2. The number of nitrogens with zero attached hydrogens (tertiary/aromatic N) is 2. The van der Waals surface area contributed by atoms with E-state index in [9.17, 15) is 4.79 Å². The van der Waals surface area contributed by atoms with Crippen LogP contribution in [0.15, 0.2) is 24.3 Å². The zero-order chi connectivity index (χ0) is 18.2. The van der Waals surface area contributed by atoms with E-state index in [0.717, 1.165) is 50.0 Å². The molecule has 0 unspecified atom stereocenters. The van der Waals surface area contributed by atoms with Crippen molar-refractivity contribution in [3.8, 4) is 5.75 Å². The van der Waals surface area contributed by atoms with E-state index < -0.39 is 0 Å². The Morgan fingerprint density at radius 1 is 1.16 bits per heavy atom. The number of hydrogen-bond acceptors (Lipinski definition) is 4. The SMILES string of the molecule is CC(C)CNC(=O)[C@@H](C)N1CCN(CCOc2ccc(Cl)cc2)CC1. The largest absolute Gasteiger partial charge is 0.492 e. The van der Waals surface area contributed by atoms with Gasteiger partial charge in [0.15, 0.2) is 0 Å². The summed E-state index contributed by atoms with van der Waals surface area (Å²) in [7, 11) is 0. The monoisotopic (exact) mass is 367 g/mol. The Morgan fingerprint density at radius 3 is 2.40 bits per heavy atom. The second-order valence-electron chi connectivity index (χ2n) is 6.99. The molecule has 2 rings (SSSR count). The molecule has 1 amide bonds. The molecular weight excluding hydrogens is 338 g/mol. The minimum absolute atomic E-state index is 0.0637. The molecule has 25 heavy (non-hydrogen) atoms. The molecule has 0 aliphatic carbocycles. The molecule has 140 valence electrons. The van der Waals surface area contributed by atoms with Crippen molar-refractivity contribution in [3.05, 3.63) is 29.3 Å². The summed E-state index contributed by atoms with van der Waals surface area (Å²) in [6.45, 7) is 12.3. The highest BCUT2D eigenvalue weighted by molar-refractivity contribution is 6.30. The number of benzene rings is 1. The molecule has 1 atom stereocenters. The van der Waals surface area contributed by atoms with Gasteiger partial charge in [-0.25, -0.2) is 0 Å². The molecule has 1 fully saturated rings. The lowest BCUT2D eigenvalue weighted by Gasteiger charge is -2.37. The van der Waals surface area contributed by atoms with Gasteiger partial charge in [0.25, 0.3) is 0 Å². The number of hydrogen-bond donors (Lipinski definition) is 1. The van der Waals surface area contributed by atoms with Crippen LogP contribution >= 0.6 is 11.6 Å². The van der Waals surface area contributed by atoms with Gasteiger partial charge >= 0.3 is 0 Å². The Hall–Kier alpha value is -1.30. The van der Waals surface area contributed by atoms with Gasteiger partial charge in [0.2, 0.25) is 5.91 Å². The average molecular weight is 368 g/mol. The normalized spacial score (nSPS) is 17.5. The van der Waals surface area contributed by atoms with Crippen LogP contribution in [0.2, 0.25) is 5.02 Å². The summed E-state index contributed by atoms with van der Waals surface area (Å²) in [6, 6.07) is 7.38. The summed E-state index contributed by atoms with van der Waals surface area (Å²) < 4.78 is 5.75. The van der Waals surface area contributed by atoms with Crippen LogP contribution in [0.3, 0.4) is 0 Å². The van der Waals surface area contributed by atoms with E-state index >= 15 is 0 Å². The first kappa shape index (κ1) is 20.0. The highest BCUT2D eigenvalue weighted by Gasteiger charge is 2.25. The summed E-state index contributed by atoms with van der Waals surface area (Å²) >= 11 is 5.87. The standard InChI is InChI=1S/C19H30ClN3O2/c1-15(2)14-21-19(24)16(3)23-10-8-22(9-11-23)12-13-25-18-6-4-17(20)5-7-18/h4-7,15-16H,8-14H2,1-3H3,(H,21,24)/t16-/m1/s1. The number of halogens is 1. The van der Waals surface area contributed by atoms with Crippen LogP contribution in [0.4, 0.5) is 0 Å². The molecule has 6 heteroatoms. The highest BCUT2D eigenvalue weighted by Crippen LogP contribution is 2.15. The maximum atomic E-state index is 12.2. The number of carbonyl (C=O) groups is 1. The van der Waals surface area contributed by atoms with Crippen LogP contribution in [-0.4, -0.2) is 67.6 Å². The summed E-state index contributed by atoms with van der Waals surface area (Å²) in [5.41, 5.74) is 0. The first-order valence-electron chi connectivity index (χ1n) is 9.08. The van der Waals surface area contributed by atoms with Crippen LogP contribution in [0, 0.1) is 5.92 Å². The summed E-state index contributed by atoms with van der Waals surface area (Å²) in [5, 5.41) is 3.74. The topological polar surface area (TPSA) is 44.8 Å². The molecule has 1 aliphatic rings. The van der Waals surface area contributed by atoms with Gasteiger partial charge in [-0.3, -0.25) is 14.6 Å². The fourth-order valence-corrected chi connectivity index (χ4v) is 2.94. The Labute approximate surface area is 156 Å². The fraction of sp³-hybridized carbons (Fsp3) is 0.632. The molecule has 1 N–H and O–H groups in total. The van der Waals surface area contributed by atoms with E-state index in [0.29, 0.717) is 12.5 Å².